The Balaban J connectivity index is 2.68. The Bertz CT molecular complexity index is 638. The van der Waals surface area contributed by atoms with Gasteiger partial charge in [-0.3, -0.25) is 0 Å². The Labute approximate surface area is 102 Å². The smallest absolute Gasteiger partial charge is 0.337 e. The van der Waals surface area contributed by atoms with Crippen LogP contribution in [0.3, 0.4) is 0 Å². The van der Waals surface area contributed by atoms with Crippen molar-refractivity contribution in [1.29, 1.82) is 0 Å². The van der Waals surface area contributed by atoms with E-state index in [1.165, 1.54) is 18.3 Å². The molecule has 1 aromatic heterocycles. The highest BCUT2D eigenvalue weighted by Gasteiger charge is 2.08. The summed E-state index contributed by atoms with van der Waals surface area (Å²) in [6, 6.07) is 9.35. The number of nitrogen functional groups attached to an aromatic ring is 1. The van der Waals surface area contributed by atoms with Gasteiger partial charge in [-0.1, -0.05) is 12.1 Å². The van der Waals surface area contributed by atoms with Crippen LogP contribution in [-0.2, 0) is 0 Å². The summed E-state index contributed by atoms with van der Waals surface area (Å²) in [5.74, 6) is -1.09. The number of aromatic carboxylic acids is 1. The molecule has 6 nitrogen and oxygen atoms in total. The van der Waals surface area contributed by atoms with Crippen LogP contribution in [0, 0.1) is 0 Å². The van der Waals surface area contributed by atoms with Gasteiger partial charge in [0.15, 0.2) is 5.49 Å². The van der Waals surface area contributed by atoms with Crippen LogP contribution in [0.15, 0.2) is 47.6 Å². The number of nitrogens with two attached hydrogens (primary N) is 1. The largest absolute Gasteiger partial charge is 0.478 e. The number of rotatable bonds is 2. The van der Waals surface area contributed by atoms with Crippen LogP contribution >= 0.6 is 0 Å². The molecule has 0 fully saturated rings. The van der Waals surface area contributed by atoms with Gasteiger partial charge in [-0.25, -0.2) is 9.79 Å². The minimum Gasteiger partial charge on any atom is -0.478 e. The summed E-state index contributed by atoms with van der Waals surface area (Å²) in [6.45, 7) is 0. The third-order valence-electron chi connectivity index (χ3n) is 2.34. The molecule has 0 spiro atoms. The fourth-order valence-corrected chi connectivity index (χ4v) is 1.49. The highest BCUT2D eigenvalue weighted by Crippen LogP contribution is 2.17. The van der Waals surface area contributed by atoms with Crippen LogP contribution in [-0.4, -0.2) is 21.0 Å². The third kappa shape index (κ3) is 2.17. The Hall–Kier alpha value is -2.76. The Morgan fingerprint density at radius 3 is 2.61 bits per heavy atom. The number of nitrogens with zero attached hydrogens (tertiary/aromatic N) is 2. The van der Waals surface area contributed by atoms with E-state index in [1.807, 2.05) is 0 Å². The van der Waals surface area contributed by atoms with E-state index in [-0.39, 0.29) is 22.4 Å². The van der Waals surface area contributed by atoms with Crippen molar-refractivity contribution in [2.75, 3.05) is 5.73 Å². The van der Waals surface area contributed by atoms with Gasteiger partial charge in [0.25, 0.3) is 0 Å². The number of aromatic nitrogens is 1. The van der Waals surface area contributed by atoms with E-state index in [0.29, 0.717) is 0 Å². The number of benzene rings is 1. The lowest BCUT2D eigenvalue weighted by molar-refractivity contribution is 0.0697. The summed E-state index contributed by atoms with van der Waals surface area (Å²) >= 11 is 0. The van der Waals surface area contributed by atoms with Gasteiger partial charge in [0.05, 0.1) is 16.9 Å². The average molecular weight is 245 g/mol. The van der Waals surface area contributed by atoms with E-state index in [0.717, 1.165) is 4.73 Å². The van der Waals surface area contributed by atoms with Gasteiger partial charge in [-0.05, 0) is 24.3 Å². The number of carboxylic acid groups (broad SMARTS) is 1. The SMILES string of the molecule is Nc1cccn(O)c1=Nc1ccccc1C(=O)O. The van der Waals surface area contributed by atoms with Crippen LogP contribution in [0.4, 0.5) is 11.4 Å². The first-order valence-corrected chi connectivity index (χ1v) is 5.13. The molecule has 0 amide bonds. The quantitative estimate of drug-likeness (QED) is 0.693. The first-order chi connectivity index (χ1) is 8.59. The van der Waals surface area contributed by atoms with Gasteiger partial charge in [-0.15, -0.1) is 0 Å². The van der Waals surface area contributed by atoms with Crippen molar-refractivity contribution >= 4 is 17.3 Å². The van der Waals surface area contributed by atoms with Crippen LogP contribution in [0.2, 0.25) is 0 Å². The predicted octanol–water partition coefficient (Wildman–Crippen LogP) is 1.24. The molecule has 0 aliphatic heterocycles. The van der Waals surface area contributed by atoms with Crippen LogP contribution in [0.1, 0.15) is 10.4 Å². The van der Waals surface area contributed by atoms with Crippen LogP contribution < -0.4 is 11.2 Å². The second kappa shape index (κ2) is 4.62. The van der Waals surface area contributed by atoms with Gasteiger partial charge in [-0.2, -0.15) is 4.73 Å². The number of carboxylic acids is 1. The number of hydrogen-bond acceptors (Lipinski definition) is 4. The molecule has 4 N–H and O–H groups in total. The lowest BCUT2D eigenvalue weighted by Gasteiger charge is -2.03. The fraction of sp³-hybridized carbons (Fsp3) is 0. The zero-order valence-electron chi connectivity index (χ0n) is 9.32. The molecule has 0 unspecified atom stereocenters. The second-order valence-corrected chi connectivity index (χ2v) is 3.57. The highest BCUT2D eigenvalue weighted by atomic mass is 16.5. The molecule has 0 atom stereocenters. The molecule has 0 saturated carbocycles. The van der Waals surface area contributed by atoms with Crippen molar-refractivity contribution in [3.63, 3.8) is 0 Å². The summed E-state index contributed by atoms with van der Waals surface area (Å²) in [5.41, 5.74) is 6.28. The minimum atomic E-state index is -1.09. The monoisotopic (exact) mass is 245 g/mol. The van der Waals surface area contributed by atoms with Crippen molar-refractivity contribution in [1.82, 2.24) is 4.73 Å². The maximum atomic E-state index is 11.0. The summed E-state index contributed by atoms with van der Waals surface area (Å²) in [4.78, 5) is 15.1. The number of carbonyl (C=O) groups is 1. The summed E-state index contributed by atoms with van der Waals surface area (Å²) in [7, 11) is 0. The summed E-state index contributed by atoms with van der Waals surface area (Å²) in [5, 5.41) is 18.6. The van der Waals surface area contributed by atoms with Crippen LogP contribution in [0.25, 0.3) is 0 Å². The molecule has 0 aliphatic rings. The minimum absolute atomic E-state index is 0.0424. The van der Waals surface area contributed by atoms with E-state index in [9.17, 15) is 10.0 Å². The Morgan fingerprint density at radius 1 is 1.22 bits per heavy atom. The third-order valence-corrected chi connectivity index (χ3v) is 2.34. The zero-order valence-corrected chi connectivity index (χ0v) is 9.32. The van der Waals surface area contributed by atoms with Crippen molar-refractivity contribution in [3.8, 4) is 0 Å². The van der Waals surface area contributed by atoms with E-state index in [4.69, 9.17) is 10.8 Å². The molecule has 18 heavy (non-hydrogen) atoms. The molecule has 0 radical (unpaired) electrons. The van der Waals surface area contributed by atoms with Gasteiger partial charge >= 0.3 is 5.97 Å². The van der Waals surface area contributed by atoms with Gasteiger partial charge in [0, 0.05) is 6.20 Å². The molecule has 0 saturated heterocycles. The zero-order chi connectivity index (χ0) is 13.1. The number of hydrogen-bond donors (Lipinski definition) is 3. The van der Waals surface area contributed by atoms with Crippen LogP contribution in [0.5, 0.6) is 0 Å². The molecular weight excluding hydrogens is 234 g/mol. The Morgan fingerprint density at radius 2 is 1.94 bits per heavy atom. The van der Waals surface area contributed by atoms with Crippen molar-refractivity contribution in [2.24, 2.45) is 4.99 Å². The van der Waals surface area contributed by atoms with E-state index < -0.39 is 5.97 Å². The average Bonchev–Trinajstić information content (AvgIpc) is 2.34. The molecule has 1 heterocycles. The van der Waals surface area contributed by atoms with Crippen molar-refractivity contribution < 1.29 is 15.1 Å². The van der Waals surface area contributed by atoms with E-state index in [2.05, 4.69) is 4.99 Å². The molecule has 2 aromatic rings. The van der Waals surface area contributed by atoms with Gasteiger partial charge in [0.1, 0.15) is 0 Å². The maximum absolute atomic E-state index is 11.0. The molecule has 0 aliphatic carbocycles. The Kier molecular flexibility index (Phi) is 3.01. The van der Waals surface area contributed by atoms with Crippen molar-refractivity contribution in [3.05, 3.63) is 53.6 Å². The summed E-state index contributed by atoms with van der Waals surface area (Å²) in [6.07, 6.45) is 1.36. The normalized spacial score (nSPS) is 11.4. The number of anilines is 1. The molecule has 1 aromatic carbocycles. The highest BCUT2D eigenvalue weighted by molar-refractivity contribution is 5.93. The molecular formula is C12H11N3O3. The van der Waals surface area contributed by atoms with Crippen molar-refractivity contribution in [2.45, 2.75) is 0 Å². The molecule has 6 heteroatoms. The fourth-order valence-electron chi connectivity index (χ4n) is 1.49. The standard InChI is InChI=1S/C12H11N3O3/c13-9-5-3-7-15(18)11(9)14-10-6-2-1-4-8(10)12(16)17/h1-7,18H,13H2,(H,16,17). The lowest BCUT2D eigenvalue weighted by Crippen LogP contribution is -2.21. The number of para-hydroxylation sites is 1. The second-order valence-electron chi connectivity index (χ2n) is 3.57. The molecule has 92 valence electrons. The summed E-state index contributed by atoms with van der Waals surface area (Å²) < 4.78 is 0.744. The van der Waals surface area contributed by atoms with Gasteiger partial charge < -0.3 is 16.0 Å². The van der Waals surface area contributed by atoms with Gasteiger partial charge in [0.2, 0.25) is 0 Å². The van der Waals surface area contributed by atoms with E-state index in [1.54, 1.807) is 24.3 Å². The predicted molar refractivity (Wildman–Crippen MR) is 64.7 cm³/mol. The topological polar surface area (TPSA) is 101 Å². The molecule has 0 bridgehead atoms. The first-order valence-electron chi connectivity index (χ1n) is 5.13. The lowest BCUT2D eigenvalue weighted by atomic mass is 10.2. The van der Waals surface area contributed by atoms with E-state index >= 15 is 0 Å². The first kappa shape index (κ1) is 11.7. The molecule has 2 rings (SSSR count). The number of pyridine rings is 1. The maximum Gasteiger partial charge on any atom is 0.337 e.